The van der Waals surface area contributed by atoms with Gasteiger partial charge in [0.2, 0.25) is 5.91 Å². The number of methoxy groups -OCH3 is 1. The second-order valence-electron chi connectivity index (χ2n) is 5.99. The number of hydrogen-bond acceptors (Lipinski definition) is 5. The Morgan fingerprint density at radius 2 is 2.00 bits per heavy atom. The molecule has 2 aromatic heterocycles. The Morgan fingerprint density at radius 3 is 2.66 bits per heavy atom. The molecule has 1 N–H and O–H groups in total. The molecule has 0 radical (unpaired) electrons. The van der Waals surface area contributed by atoms with E-state index in [9.17, 15) is 18.0 Å². The first-order valence-electron chi connectivity index (χ1n) is 8.42. The van der Waals surface area contributed by atoms with Crippen molar-refractivity contribution in [3.63, 3.8) is 0 Å². The van der Waals surface area contributed by atoms with Gasteiger partial charge in [0, 0.05) is 12.7 Å². The van der Waals surface area contributed by atoms with Gasteiger partial charge in [-0.2, -0.15) is 13.2 Å². The summed E-state index contributed by atoms with van der Waals surface area (Å²) in [5, 5.41) is 10.4. The predicted octanol–water partition coefficient (Wildman–Crippen LogP) is 3.86. The standard InChI is InChI=1S/C18H16ClF3N4O2S/c1-28-13-4-2-11(3-5-13)6-7-23-15(27)10-29-17-25-24-16-14(19)8-12(9-26(16)17)18(20,21)22/h2-5,8-9H,6-7,10H2,1H3,(H,23,27). The summed E-state index contributed by atoms with van der Waals surface area (Å²) >= 11 is 6.85. The molecule has 1 aromatic carbocycles. The molecule has 3 rings (SSSR count). The maximum Gasteiger partial charge on any atom is 0.417 e. The average molecular weight is 445 g/mol. The summed E-state index contributed by atoms with van der Waals surface area (Å²) in [5.74, 6) is 0.471. The van der Waals surface area contributed by atoms with Crippen LogP contribution in [0.1, 0.15) is 11.1 Å². The third kappa shape index (κ3) is 5.33. The van der Waals surface area contributed by atoms with Gasteiger partial charge in [0.05, 0.1) is 23.4 Å². The van der Waals surface area contributed by atoms with Crippen molar-refractivity contribution >= 4 is 34.9 Å². The van der Waals surface area contributed by atoms with E-state index in [1.165, 1.54) is 0 Å². The summed E-state index contributed by atoms with van der Waals surface area (Å²) in [4.78, 5) is 12.0. The topological polar surface area (TPSA) is 68.5 Å². The number of fused-ring (bicyclic) bond motifs is 1. The highest BCUT2D eigenvalue weighted by atomic mass is 35.5. The van der Waals surface area contributed by atoms with Crippen molar-refractivity contribution in [2.75, 3.05) is 19.4 Å². The van der Waals surface area contributed by atoms with E-state index in [4.69, 9.17) is 16.3 Å². The lowest BCUT2D eigenvalue weighted by Gasteiger charge is -2.09. The van der Waals surface area contributed by atoms with Crippen molar-refractivity contribution in [1.82, 2.24) is 19.9 Å². The molecule has 154 valence electrons. The Hall–Kier alpha value is -2.46. The van der Waals surface area contributed by atoms with Crippen molar-refractivity contribution in [2.45, 2.75) is 17.8 Å². The van der Waals surface area contributed by atoms with Gasteiger partial charge in [-0.25, -0.2) is 0 Å². The van der Waals surface area contributed by atoms with E-state index < -0.39 is 11.7 Å². The number of ether oxygens (including phenoxy) is 1. The highest BCUT2D eigenvalue weighted by molar-refractivity contribution is 7.99. The number of nitrogens with zero attached hydrogens (tertiary/aromatic N) is 3. The maximum atomic E-state index is 13.0. The number of carbonyl (C=O) groups is 1. The van der Waals surface area contributed by atoms with Crippen LogP contribution in [-0.2, 0) is 17.4 Å². The summed E-state index contributed by atoms with van der Waals surface area (Å²) in [5.41, 5.74) is 0.221. The Morgan fingerprint density at radius 1 is 1.28 bits per heavy atom. The van der Waals surface area contributed by atoms with Crippen LogP contribution < -0.4 is 10.1 Å². The first kappa shape index (κ1) is 21.3. The fourth-order valence-corrected chi connectivity index (χ4v) is 3.49. The molecule has 1 amide bonds. The Bertz CT molecular complexity index is 1010. The first-order valence-corrected chi connectivity index (χ1v) is 9.78. The second-order valence-corrected chi connectivity index (χ2v) is 7.34. The number of nitrogens with one attached hydrogen (secondary N) is 1. The van der Waals surface area contributed by atoms with E-state index in [2.05, 4.69) is 15.5 Å². The Balaban J connectivity index is 1.57. The quantitative estimate of drug-likeness (QED) is 0.560. The van der Waals surface area contributed by atoms with E-state index >= 15 is 0 Å². The van der Waals surface area contributed by atoms with Crippen molar-refractivity contribution in [3.05, 3.63) is 52.7 Å². The van der Waals surface area contributed by atoms with Crippen LogP contribution >= 0.6 is 23.4 Å². The number of halogens is 4. The molecule has 0 saturated heterocycles. The van der Waals surface area contributed by atoms with Crippen molar-refractivity contribution in [1.29, 1.82) is 0 Å². The lowest BCUT2D eigenvalue weighted by molar-refractivity contribution is -0.137. The number of amides is 1. The normalized spacial score (nSPS) is 11.6. The number of carbonyl (C=O) groups excluding carboxylic acids is 1. The molecule has 6 nitrogen and oxygen atoms in total. The van der Waals surface area contributed by atoms with Gasteiger partial charge in [-0.3, -0.25) is 9.20 Å². The molecule has 3 aromatic rings. The van der Waals surface area contributed by atoms with E-state index in [1.54, 1.807) is 7.11 Å². The number of hydrogen-bond donors (Lipinski definition) is 1. The molecule has 0 aliphatic rings. The van der Waals surface area contributed by atoms with Crippen LogP contribution in [0.3, 0.4) is 0 Å². The van der Waals surface area contributed by atoms with Gasteiger partial charge in [-0.15, -0.1) is 10.2 Å². The minimum Gasteiger partial charge on any atom is -0.497 e. The van der Waals surface area contributed by atoms with Crippen LogP contribution in [0.25, 0.3) is 5.65 Å². The van der Waals surface area contributed by atoms with Gasteiger partial charge in [0.1, 0.15) is 5.75 Å². The van der Waals surface area contributed by atoms with Gasteiger partial charge in [-0.05, 0) is 30.2 Å². The first-order chi connectivity index (χ1) is 13.8. The zero-order valence-electron chi connectivity index (χ0n) is 15.2. The van der Waals surface area contributed by atoms with Crippen LogP contribution in [0.15, 0.2) is 41.7 Å². The van der Waals surface area contributed by atoms with Crippen LogP contribution in [0.5, 0.6) is 5.75 Å². The fourth-order valence-electron chi connectivity index (χ4n) is 2.51. The van der Waals surface area contributed by atoms with E-state index in [1.807, 2.05) is 24.3 Å². The molecule has 0 saturated carbocycles. The van der Waals surface area contributed by atoms with E-state index in [0.29, 0.717) is 13.0 Å². The summed E-state index contributed by atoms with van der Waals surface area (Å²) in [7, 11) is 1.59. The van der Waals surface area contributed by atoms with Crippen LogP contribution in [0.2, 0.25) is 5.02 Å². The van der Waals surface area contributed by atoms with E-state index in [-0.39, 0.29) is 27.5 Å². The monoisotopic (exact) mass is 444 g/mol. The zero-order chi connectivity index (χ0) is 21.0. The molecule has 29 heavy (non-hydrogen) atoms. The smallest absolute Gasteiger partial charge is 0.417 e. The Labute approximate surface area is 173 Å². The van der Waals surface area contributed by atoms with Gasteiger partial charge < -0.3 is 10.1 Å². The highest BCUT2D eigenvalue weighted by Gasteiger charge is 2.32. The third-order valence-corrected chi connectivity index (χ3v) is 5.20. The molecule has 0 fully saturated rings. The van der Waals surface area contributed by atoms with Gasteiger partial charge in [-0.1, -0.05) is 35.5 Å². The van der Waals surface area contributed by atoms with Crippen molar-refractivity contribution in [2.24, 2.45) is 0 Å². The molecular weight excluding hydrogens is 429 g/mol. The Kier molecular flexibility index (Phi) is 6.53. The largest absolute Gasteiger partial charge is 0.497 e. The number of alkyl halides is 3. The summed E-state index contributed by atoms with van der Waals surface area (Å²) in [6, 6.07) is 8.29. The zero-order valence-corrected chi connectivity index (χ0v) is 16.7. The molecule has 0 unspecified atom stereocenters. The summed E-state index contributed by atoms with van der Waals surface area (Å²) in [6.45, 7) is 0.427. The number of rotatable bonds is 7. The molecule has 0 spiro atoms. The number of benzene rings is 1. The van der Waals surface area contributed by atoms with Gasteiger partial charge >= 0.3 is 6.18 Å². The number of thioether (sulfide) groups is 1. The SMILES string of the molecule is COc1ccc(CCNC(=O)CSc2nnc3c(Cl)cc(C(F)(F)F)cn23)cc1. The highest BCUT2D eigenvalue weighted by Crippen LogP contribution is 2.33. The average Bonchev–Trinajstić information content (AvgIpc) is 3.10. The summed E-state index contributed by atoms with van der Waals surface area (Å²) in [6.07, 6.45) is -3.05. The van der Waals surface area contributed by atoms with Gasteiger partial charge in [0.15, 0.2) is 10.8 Å². The molecule has 0 atom stereocenters. The minimum absolute atomic E-state index is 0.0166. The third-order valence-electron chi connectivity index (χ3n) is 3.98. The lowest BCUT2D eigenvalue weighted by Crippen LogP contribution is -2.27. The minimum atomic E-state index is -4.55. The second kappa shape index (κ2) is 8.91. The summed E-state index contributed by atoms with van der Waals surface area (Å²) < 4.78 is 45.2. The molecular formula is C18H16ClF3N4O2S. The molecule has 0 aliphatic heterocycles. The molecule has 11 heteroatoms. The molecule has 0 aliphatic carbocycles. The van der Waals surface area contributed by atoms with Crippen molar-refractivity contribution in [3.8, 4) is 5.75 Å². The predicted molar refractivity (Wildman–Crippen MR) is 103 cm³/mol. The number of aromatic nitrogens is 3. The van der Waals surface area contributed by atoms with E-state index in [0.717, 1.165) is 39.7 Å². The van der Waals surface area contributed by atoms with Crippen LogP contribution in [-0.4, -0.2) is 39.9 Å². The molecule has 2 heterocycles. The fraction of sp³-hybridized carbons (Fsp3) is 0.278. The van der Waals surface area contributed by atoms with Crippen LogP contribution in [0, 0.1) is 0 Å². The van der Waals surface area contributed by atoms with Crippen LogP contribution in [0.4, 0.5) is 13.2 Å². The van der Waals surface area contributed by atoms with Crippen molar-refractivity contribution < 1.29 is 22.7 Å². The maximum absolute atomic E-state index is 13.0. The van der Waals surface area contributed by atoms with Gasteiger partial charge in [0.25, 0.3) is 0 Å². The number of pyridine rings is 1. The molecule has 0 bridgehead atoms. The lowest BCUT2D eigenvalue weighted by atomic mass is 10.1.